The fraction of sp³-hybridized carbons (Fsp3) is 0.875. The molecule has 0 aliphatic carbocycles. The number of rotatable bonds is 6. The maximum Gasteiger partial charge on any atom is 0.481 e. The first-order chi connectivity index (χ1) is 20.3. The summed E-state index contributed by atoms with van der Waals surface area (Å²) in [7, 11) is -9.97. The van der Waals surface area contributed by atoms with Crippen molar-refractivity contribution in [2.24, 2.45) is 0 Å². The summed E-state index contributed by atoms with van der Waals surface area (Å²) in [6, 6.07) is 0. The number of nitrogens with zero attached hydrogens (tertiary/aromatic N) is 5. The molecule has 4 bridgehead atoms. The lowest BCUT2D eigenvalue weighted by atomic mass is 10.1. The number of hydrogen-bond acceptors (Lipinski definition) is 13. The van der Waals surface area contributed by atoms with Gasteiger partial charge < -0.3 is 39.9 Å². The second-order valence-electron chi connectivity index (χ2n) is 9.48. The van der Waals surface area contributed by atoms with E-state index in [0.29, 0.717) is 6.42 Å². The van der Waals surface area contributed by atoms with Gasteiger partial charge in [0, 0.05) is 6.54 Å². The Kier molecular flexibility index (Phi) is 18.4. The van der Waals surface area contributed by atoms with Crippen molar-refractivity contribution in [3.8, 4) is 0 Å². The van der Waals surface area contributed by atoms with E-state index in [4.69, 9.17) is 4.74 Å². The molecule has 1 aromatic rings. The molecule has 0 saturated carbocycles. The SMILES string of the molecule is CCN(CC)CC.CCN(CC)CC.O=C1NCCCCOP(=O)(O)OP(=O)(O)OC[C@H]2O[C@H]([C@H](O)[C@@H]2O)n2cc1nn2. The third-order valence-electron chi connectivity index (χ3n) is 6.74. The van der Waals surface area contributed by atoms with Gasteiger partial charge in [-0.15, -0.1) is 5.10 Å². The van der Waals surface area contributed by atoms with Crippen LogP contribution in [0.25, 0.3) is 0 Å². The van der Waals surface area contributed by atoms with Crippen LogP contribution in [0.4, 0.5) is 0 Å². The third-order valence-corrected chi connectivity index (χ3v) is 9.38. The zero-order chi connectivity index (χ0) is 32.6. The average molecular weight is 661 g/mol. The van der Waals surface area contributed by atoms with Gasteiger partial charge in [-0.25, -0.2) is 13.8 Å². The van der Waals surface area contributed by atoms with Crippen LogP contribution in [0.3, 0.4) is 0 Å². The van der Waals surface area contributed by atoms with Crippen molar-refractivity contribution in [1.29, 1.82) is 0 Å². The molecular weight excluding hydrogens is 610 g/mol. The summed E-state index contributed by atoms with van der Waals surface area (Å²) in [5.74, 6) is -0.552. The number of carbonyl (C=O) groups is 1. The van der Waals surface area contributed by atoms with Crippen LogP contribution in [0.1, 0.15) is 71.1 Å². The maximum atomic E-state index is 12.1. The summed E-state index contributed by atoms with van der Waals surface area (Å²) in [6.07, 6.45) is -3.90. The number of ether oxygens (including phenoxy) is 1. The molecule has 2 aliphatic rings. The zero-order valence-electron chi connectivity index (χ0n) is 25.9. The highest BCUT2D eigenvalue weighted by Crippen LogP contribution is 2.60. The van der Waals surface area contributed by atoms with E-state index >= 15 is 0 Å². The van der Waals surface area contributed by atoms with Crippen LogP contribution in [0.2, 0.25) is 0 Å². The quantitative estimate of drug-likeness (QED) is 0.272. The van der Waals surface area contributed by atoms with Gasteiger partial charge >= 0.3 is 15.6 Å². The summed E-state index contributed by atoms with van der Waals surface area (Å²) in [4.78, 5) is 35.9. The molecule has 0 radical (unpaired) electrons. The summed E-state index contributed by atoms with van der Waals surface area (Å²) < 4.78 is 43.3. The molecule has 1 fully saturated rings. The van der Waals surface area contributed by atoms with E-state index in [1.165, 1.54) is 45.5 Å². The predicted molar refractivity (Wildman–Crippen MR) is 157 cm³/mol. The van der Waals surface area contributed by atoms with Crippen molar-refractivity contribution in [3.63, 3.8) is 0 Å². The number of phosphoric ester groups is 2. The molecule has 2 aliphatic heterocycles. The van der Waals surface area contributed by atoms with Crippen LogP contribution < -0.4 is 5.32 Å². The molecule has 1 aromatic heterocycles. The van der Waals surface area contributed by atoms with Crippen LogP contribution in [0.5, 0.6) is 0 Å². The highest BCUT2D eigenvalue weighted by molar-refractivity contribution is 7.61. The molecule has 3 rings (SSSR count). The fourth-order valence-electron chi connectivity index (χ4n) is 3.98. The summed E-state index contributed by atoms with van der Waals surface area (Å²) >= 11 is 0. The Morgan fingerprint density at radius 2 is 1.44 bits per heavy atom. The van der Waals surface area contributed by atoms with E-state index in [0.717, 1.165) is 4.68 Å². The molecule has 252 valence electrons. The lowest BCUT2D eigenvalue weighted by Gasteiger charge is -2.19. The molecule has 0 aromatic carbocycles. The number of carbonyl (C=O) groups excluding carboxylic acids is 1. The number of phosphoric acid groups is 2. The van der Waals surface area contributed by atoms with Crippen LogP contribution in [-0.4, -0.2) is 128 Å². The van der Waals surface area contributed by atoms with E-state index in [1.54, 1.807) is 0 Å². The molecule has 2 unspecified atom stereocenters. The van der Waals surface area contributed by atoms with Gasteiger partial charge in [-0.3, -0.25) is 13.8 Å². The first kappa shape index (κ1) is 39.7. The lowest BCUT2D eigenvalue weighted by Crippen LogP contribution is -2.33. The van der Waals surface area contributed by atoms with Crippen molar-refractivity contribution in [1.82, 2.24) is 30.1 Å². The van der Waals surface area contributed by atoms with Gasteiger partial charge in [0.15, 0.2) is 11.9 Å². The van der Waals surface area contributed by atoms with E-state index in [-0.39, 0.29) is 25.3 Å². The number of hydrogen-bond donors (Lipinski definition) is 5. The summed E-state index contributed by atoms with van der Waals surface area (Å²) in [5.41, 5.74) is -0.0690. The van der Waals surface area contributed by atoms with Gasteiger partial charge in [-0.2, -0.15) is 4.31 Å². The zero-order valence-corrected chi connectivity index (χ0v) is 27.7. The molecule has 43 heavy (non-hydrogen) atoms. The summed E-state index contributed by atoms with van der Waals surface area (Å²) in [6.45, 7) is 19.4. The van der Waals surface area contributed by atoms with Gasteiger partial charge in [-0.1, -0.05) is 46.8 Å². The largest absolute Gasteiger partial charge is 0.481 e. The molecule has 3 heterocycles. The van der Waals surface area contributed by atoms with Gasteiger partial charge in [0.1, 0.15) is 18.3 Å². The number of aromatic nitrogens is 3. The number of fused-ring (bicyclic) bond motifs is 5. The van der Waals surface area contributed by atoms with Crippen LogP contribution in [0.15, 0.2) is 6.20 Å². The van der Waals surface area contributed by atoms with E-state index < -0.39 is 52.7 Å². The highest BCUT2D eigenvalue weighted by atomic mass is 31.3. The minimum Gasteiger partial charge on any atom is -0.387 e. The number of aliphatic hydroxyl groups excluding tert-OH is 2. The standard InChI is InChI=1S/C12H20N4O11P2.2C6H15N/c17-9-8-6-25-29(22,23)27-28(20,21)24-4-2-1-3-13-11(19)7-5-16(15-14-7)12(26-8)10(9)18;2*1-4-7(5-2)6-3/h5,8-10,12,17-18H,1-4,6H2,(H,13,19)(H,20,21)(H,22,23);2*4-6H2,1-3H3/t8-,9-,10-,12-;;/m1../s1. The van der Waals surface area contributed by atoms with Gasteiger partial charge in [0.2, 0.25) is 0 Å². The number of nitrogens with one attached hydrogen (secondary N) is 1. The Balaban J connectivity index is 0.000000548. The fourth-order valence-corrected chi connectivity index (χ4v) is 6.09. The molecular formula is C24H50N6O11P2. The average Bonchev–Trinajstić information content (AvgIpc) is 3.56. The van der Waals surface area contributed by atoms with Crippen molar-refractivity contribution in [2.45, 2.75) is 78.9 Å². The Morgan fingerprint density at radius 3 is 1.95 bits per heavy atom. The molecule has 1 amide bonds. The Bertz CT molecular complexity index is 1000. The molecule has 5 N–H and O–H groups in total. The first-order valence-electron chi connectivity index (χ1n) is 14.6. The van der Waals surface area contributed by atoms with Crippen LogP contribution in [0, 0.1) is 0 Å². The Labute approximate surface area is 253 Å². The molecule has 17 nitrogen and oxygen atoms in total. The highest BCUT2D eigenvalue weighted by Gasteiger charge is 2.46. The van der Waals surface area contributed by atoms with Gasteiger partial charge in [-0.05, 0) is 52.1 Å². The summed E-state index contributed by atoms with van der Waals surface area (Å²) in [5, 5.41) is 30.1. The van der Waals surface area contributed by atoms with Crippen molar-refractivity contribution < 1.29 is 52.0 Å². The second kappa shape index (κ2) is 19.9. The van der Waals surface area contributed by atoms with E-state index in [1.807, 2.05) is 0 Å². The van der Waals surface area contributed by atoms with E-state index in [2.05, 4.69) is 80.3 Å². The van der Waals surface area contributed by atoms with E-state index in [9.17, 15) is 33.9 Å². The molecule has 1 saturated heterocycles. The smallest absolute Gasteiger partial charge is 0.387 e. The van der Waals surface area contributed by atoms with Crippen molar-refractivity contribution in [3.05, 3.63) is 11.9 Å². The number of amides is 1. The minimum absolute atomic E-state index is 0.0690. The molecule has 19 heteroatoms. The Hall–Kier alpha value is -1.33. The first-order valence-corrected chi connectivity index (χ1v) is 17.6. The minimum atomic E-state index is -5.06. The molecule has 6 atom stereocenters. The Morgan fingerprint density at radius 1 is 0.907 bits per heavy atom. The van der Waals surface area contributed by atoms with Crippen LogP contribution in [-0.2, 0) is 27.2 Å². The third kappa shape index (κ3) is 14.1. The van der Waals surface area contributed by atoms with Crippen LogP contribution >= 0.6 is 15.6 Å². The maximum absolute atomic E-state index is 12.1. The normalized spacial score (nSPS) is 30.4. The predicted octanol–water partition coefficient (Wildman–Crippen LogP) is 1.37. The van der Waals surface area contributed by atoms with Gasteiger partial charge in [0.05, 0.1) is 19.4 Å². The van der Waals surface area contributed by atoms with Gasteiger partial charge in [0.25, 0.3) is 5.91 Å². The lowest BCUT2D eigenvalue weighted by molar-refractivity contribution is -0.0586. The van der Waals surface area contributed by atoms with Crippen molar-refractivity contribution >= 4 is 21.6 Å². The van der Waals surface area contributed by atoms with Crippen molar-refractivity contribution in [2.75, 3.05) is 59.0 Å². The topological polar surface area (TPSA) is 218 Å². The number of aliphatic hydroxyl groups is 2. The monoisotopic (exact) mass is 660 g/mol. The second-order valence-corrected chi connectivity index (χ2v) is 12.5. The molecule has 0 spiro atoms.